The molecule has 0 aliphatic carbocycles. The van der Waals surface area contributed by atoms with Crippen molar-refractivity contribution in [3.8, 4) is 0 Å². The van der Waals surface area contributed by atoms with Gasteiger partial charge in [0.2, 0.25) is 0 Å². The molecule has 0 saturated carbocycles. The van der Waals surface area contributed by atoms with Crippen LogP contribution in [0.2, 0.25) is 0 Å². The van der Waals surface area contributed by atoms with Crippen LogP contribution in [0.3, 0.4) is 0 Å². The molecule has 1 aliphatic heterocycles. The first-order chi connectivity index (χ1) is 8.19. The van der Waals surface area contributed by atoms with Gasteiger partial charge in [0.15, 0.2) is 0 Å². The molecule has 0 amide bonds. The van der Waals surface area contributed by atoms with E-state index < -0.39 is 0 Å². The Kier molecular flexibility index (Phi) is 4.60. The number of hydrogen-bond donors (Lipinski definition) is 0. The fourth-order valence-corrected chi connectivity index (χ4v) is 2.57. The molecule has 0 aromatic heterocycles. The van der Waals surface area contributed by atoms with Crippen LogP contribution in [0.1, 0.15) is 16.7 Å². The molecule has 94 valence electrons. The Hall–Kier alpha value is -0.380. The summed E-state index contributed by atoms with van der Waals surface area (Å²) in [6, 6.07) is 6.75. The number of alkyl halides is 1. The average molecular weight is 298 g/mol. The molecule has 1 fully saturated rings. The molecule has 1 aromatic carbocycles. The van der Waals surface area contributed by atoms with E-state index in [1.165, 1.54) is 16.7 Å². The summed E-state index contributed by atoms with van der Waals surface area (Å²) in [6.45, 7) is 8.29. The maximum absolute atomic E-state index is 5.65. The van der Waals surface area contributed by atoms with Gasteiger partial charge in [-0.25, -0.2) is 0 Å². The van der Waals surface area contributed by atoms with E-state index in [-0.39, 0.29) is 0 Å². The standard InChI is InChI=1S/C14H20BrNO/c1-11-3-4-13(7-12(11)2)9-16-5-6-17-14(8-15)10-16/h3-4,7,14H,5-6,8-10H2,1-2H3. The zero-order valence-electron chi connectivity index (χ0n) is 10.6. The van der Waals surface area contributed by atoms with E-state index in [0.717, 1.165) is 31.6 Å². The summed E-state index contributed by atoms with van der Waals surface area (Å²) >= 11 is 3.49. The fraction of sp³-hybridized carbons (Fsp3) is 0.571. The predicted octanol–water partition coefficient (Wildman–Crippen LogP) is 2.90. The van der Waals surface area contributed by atoms with Crippen molar-refractivity contribution in [3.63, 3.8) is 0 Å². The summed E-state index contributed by atoms with van der Waals surface area (Å²) in [5, 5.41) is 0.927. The lowest BCUT2D eigenvalue weighted by Gasteiger charge is -2.32. The smallest absolute Gasteiger partial charge is 0.0799 e. The molecule has 3 heteroatoms. The number of hydrogen-bond acceptors (Lipinski definition) is 2. The maximum Gasteiger partial charge on any atom is 0.0799 e. The van der Waals surface area contributed by atoms with Gasteiger partial charge in [0.25, 0.3) is 0 Å². The lowest BCUT2D eigenvalue weighted by Crippen LogP contribution is -2.42. The molecule has 1 atom stereocenters. The Morgan fingerprint density at radius 3 is 2.88 bits per heavy atom. The van der Waals surface area contributed by atoms with Crippen molar-refractivity contribution in [1.29, 1.82) is 0 Å². The maximum atomic E-state index is 5.65. The van der Waals surface area contributed by atoms with Crippen molar-refractivity contribution < 1.29 is 4.74 Å². The summed E-state index contributed by atoms with van der Waals surface area (Å²) in [6.07, 6.45) is 0.343. The summed E-state index contributed by atoms with van der Waals surface area (Å²) in [4.78, 5) is 2.47. The molecule has 2 rings (SSSR count). The molecule has 17 heavy (non-hydrogen) atoms. The van der Waals surface area contributed by atoms with E-state index in [1.54, 1.807) is 0 Å². The molecule has 1 heterocycles. The average Bonchev–Trinajstić information content (AvgIpc) is 2.34. The minimum atomic E-state index is 0.343. The zero-order valence-corrected chi connectivity index (χ0v) is 12.2. The van der Waals surface area contributed by atoms with Gasteiger partial charge in [-0.05, 0) is 30.5 Å². The van der Waals surface area contributed by atoms with Gasteiger partial charge >= 0.3 is 0 Å². The first-order valence-electron chi connectivity index (χ1n) is 6.15. The molecule has 0 N–H and O–H groups in total. The van der Waals surface area contributed by atoms with E-state index in [0.29, 0.717) is 6.10 Å². The van der Waals surface area contributed by atoms with Crippen LogP contribution >= 0.6 is 15.9 Å². The SMILES string of the molecule is Cc1ccc(CN2CCOC(CBr)C2)cc1C. The summed E-state index contributed by atoms with van der Waals surface area (Å²) in [5.41, 5.74) is 4.16. The number of rotatable bonds is 3. The Morgan fingerprint density at radius 1 is 1.35 bits per heavy atom. The van der Waals surface area contributed by atoms with Crippen LogP contribution in [0.5, 0.6) is 0 Å². The third kappa shape index (κ3) is 3.54. The summed E-state index contributed by atoms with van der Waals surface area (Å²) in [5.74, 6) is 0. The normalized spacial score (nSPS) is 21.7. The summed E-state index contributed by atoms with van der Waals surface area (Å²) < 4.78 is 5.65. The highest BCUT2D eigenvalue weighted by Crippen LogP contribution is 2.14. The predicted molar refractivity (Wildman–Crippen MR) is 74.7 cm³/mol. The van der Waals surface area contributed by atoms with Crippen molar-refractivity contribution >= 4 is 15.9 Å². The molecule has 1 unspecified atom stereocenters. The second-order valence-corrected chi connectivity index (χ2v) is 5.45. The minimum absolute atomic E-state index is 0.343. The van der Waals surface area contributed by atoms with Gasteiger partial charge in [-0.1, -0.05) is 34.1 Å². The van der Waals surface area contributed by atoms with Crippen molar-refractivity contribution in [2.75, 3.05) is 25.0 Å². The molecule has 1 saturated heterocycles. The van der Waals surface area contributed by atoms with E-state index in [9.17, 15) is 0 Å². The third-order valence-electron chi connectivity index (χ3n) is 3.37. The molecule has 1 aliphatic rings. The van der Waals surface area contributed by atoms with Gasteiger partial charge in [0.05, 0.1) is 12.7 Å². The monoisotopic (exact) mass is 297 g/mol. The Morgan fingerprint density at radius 2 is 2.18 bits per heavy atom. The second kappa shape index (κ2) is 5.98. The lowest BCUT2D eigenvalue weighted by atomic mass is 10.1. The summed E-state index contributed by atoms with van der Waals surface area (Å²) in [7, 11) is 0. The van der Waals surface area contributed by atoms with Gasteiger partial charge in [-0.2, -0.15) is 0 Å². The van der Waals surface area contributed by atoms with E-state index in [1.807, 2.05) is 0 Å². The molecular weight excluding hydrogens is 278 g/mol. The van der Waals surface area contributed by atoms with E-state index >= 15 is 0 Å². The molecule has 2 nitrogen and oxygen atoms in total. The lowest BCUT2D eigenvalue weighted by molar-refractivity contribution is -0.0181. The number of benzene rings is 1. The topological polar surface area (TPSA) is 12.5 Å². The van der Waals surface area contributed by atoms with Gasteiger partial charge in [0.1, 0.15) is 0 Å². The number of morpholine rings is 1. The van der Waals surface area contributed by atoms with Crippen LogP contribution in [-0.4, -0.2) is 36.0 Å². The second-order valence-electron chi connectivity index (χ2n) is 4.80. The Bertz CT molecular complexity index is 380. The minimum Gasteiger partial charge on any atom is -0.375 e. The van der Waals surface area contributed by atoms with Crippen molar-refractivity contribution in [2.45, 2.75) is 26.5 Å². The highest BCUT2D eigenvalue weighted by Gasteiger charge is 2.19. The quantitative estimate of drug-likeness (QED) is 0.796. The van der Waals surface area contributed by atoms with Crippen LogP contribution < -0.4 is 0 Å². The fourth-order valence-electron chi connectivity index (χ4n) is 2.18. The third-order valence-corrected chi connectivity index (χ3v) is 4.09. The van der Waals surface area contributed by atoms with Crippen LogP contribution in [0.4, 0.5) is 0 Å². The largest absolute Gasteiger partial charge is 0.375 e. The Balaban J connectivity index is 1.97. The van der Waals surface area contributed by atoms with Crippen LogP contribution in [0.15, 0.2) is 18.2 Å². The van der Waals surface area contributed by atoms with Crippen molar-refractivity contribution in [3.05, 3.63) is 34.9 Å². The van der Waals surface area contributed by atoms with Gasteiger partial charge in [-0.15, -0.1) is 0 Å². The van der Waals surface area contributed by atoms with Crippen LogP contribution in [-0.2, 0) is 11.3 Å². The van der Waals surface area contributed by atoms with Crippen molar-refractivity contribution in [1.82, 2.24) is 4.90 Å². The number of aryl methyl sites for hydroxylation is 2. The zero-order chi connectivity index (χ0) is 12.3. The first kappa shape index (κ1) is 13.1. The molecule has 1 aromatic rings. The molecule has 0 spiro atoms. The molecule has 0 radical (unpaired) electrons. The van der Waals surface area contributed by atoms with Gasteiger partial charge in [-0.3, -0.25) is 4.90 Å². The van der Waals surface area contributed by atoms with Gasteiger partial charge in [0, 0.05) is 25.0 Å². The Labute approximate surface area is 112 Å². The van der Waals surface area contributed by atoms with Crippen LogP contribution in [0, 0.1) is 13.8 Å². The number of ether oxygens (including phenoxy) is 1. The number of nitrogens with zero attached hydrogens (tertiary/aromatic N) is 1. The van der Waals surface area contributed by atoms with Gasteiger partial charge < -0.3 is 4.74 Å². The molecule has 0 bridgehead atoms. The highest BCUT2D eigenvalue weighted by molar-refractivity contribution is 9.09. The number of halogens is 1. The highest BCUT2D eigenvalue weighted by atomic mass is 79.9. The van der Waals surface area contributed by atoms with E-state index in [2.05, 4.69) is 52.9 Å². The first-order valence-corrected chi connectivity index (χ1v) is 7.27. The van der Waals surface area contributed by atoms with Crippen LogP contribution in [0.25, 0.3) is 0 Å². The van der Waals surface area contributed by atoms with Crippen molar-refractivity contribution in [2.24, 2.45) is 0 Å². The molecular formula is C14H20BrNO. The van der Waals surface area contributed by atoms with E-state index in [4.69, 9.17) is 4.74 Å².